The van der Waals surface area contributed by atoms with E-state index in [9.17, 15) is 18.0 Å². The van der Waals surface area contributed by atoms with Gasteiger partial charge in [-0.3, -0.25) is 14.7 Å². The highest BCUT2D eigenvalue weighted by molar-refractivity contribution is 7.89. The van der Waals surface area contributed by atoms with Gasteiger partial charge in [0.25, 0.3) is 5.91 Å². The van der Waals surface area contributed by atoms with E-state index in [0.717, 1.165) is 55.0 Å². The number of urea groups is 1. The third-order valence-electron chi connectivity index (χ3n) is 8.26. The van der Waals surface area contributed by atoms with Crippen LogP contribution in [0.25, 0.3) is 0 Å². The fourth-order valence-corrected chi connectivity index (χ4v) is 7.11. The van der Waals surface area contributed by atoms with Crippen molar-refractivity contribution in [1.29, 1.82) is 0 Å². The Morgan fingerprint density at radius 2 is 1.86 bits per heavy atom. The van der Waals surface area contributed by atoms with Gasteiger partial charge in [-0.1, -0.05) is 32.8 Å². The quantitative estimate of drug-likeness (QED) is 0.577. The number of piperidine rings is 1. The summed E-state index contributed by atoms with van der Waals surface area (Å²) in [4.78, 5) is 30.6. The molecule has 2 aliphatic heterocycles. The van der Waals surface area contributed by atoms with Crippen LogP contribution in [0.1, 0.15) is 63.5 Å². The number of rotatable bonds is 7. The number of anilines is 1. The summed E-state index contributed by atoms with van der Waals surface area (Å²) in [5.74, 6) is 1.79. The van der Waals surface area contributed by atoms with Gasteiger partial charge in [0.1, 0.15) is 11.4 Å². The van der Waals surface area contributed by atoms with Crippen molar-refractivity contribution in [1.82, 2.24) is 9.62 Å². The normalized spacial score (nSPS) is 24.4. The van der Waals surface area contributed by atoms with E-state index >= 15 is 0 Å². The molecule has 1 saturated heterocycles. The molecule has 0 radical (unpaired) electrons. The Kier molecular flexibility index (Phi) is 7.75. The highest BCUT2D eigenvalue weighted by Crippen LogP contribution is 2.36. The number of amidine groups is 1. The molecule has 10 heteroatoms. The number of carbonyl (C=O) groups is 2. The average Bonchev–Trinajstić information content (AvgIpc) is 3.18. The first-order valence-electron chi connectivity index (χ1n) is 13.1. The van der Waals surface area contributed by atoms with Gasteiger partial charge in [0.05, 0.1) is 5.75 Å². The van der Waals surface area contributed by atoms with Crippen LogP contribution >= 0.6 is 0 Å². The number of hydrogen-bond acceptors (Lipinski definition) is 5. The van der Waals surface area contributed by atoms with Crippen LogP contribution in [0.2, 0.25) is 0 Å². The van der Waals surface area contributed by atoms with E-state index in [1.807, 2.05) is 19.1 Å². The van der Waals surface area contributed by atoms with Gasteiger partial charge in [-0.25, -0.2) is 17.5 Å². The molecule has 1 aliphatic carbocycles. The number of primary amides is 1. The fourth-order valence-electron chi connectivity index (χ4n) is 5.63. The summed E-state index contributed by atoms with van der Waals surface area (Å²) < 4.78 is 27.9. The number of nitrogens with two attached hydrogens (primary N) is 1. The van der Waals surface area contributed by atoms with Crippen molar-refractivity contribution in [3.8, 4) is 0 Å². The molecule has 0 unspecified atom stereocenters. The molecule has 1 aromatic rings. The Hall–Kier alpha value is -2.46. The molecule has 3 aliphatic rings. The zero-order chi connectivity index (χ0) is 26.1. The van der Waals surface area contributed by atoms with Crippen LogP contribution in [0.5, 0.6) is 0 Å². The van der Waals surface area contributed by atoms with E-state index in [-0.39, 0.29) is 11.7 Å². The van der Waals surface area contributed by atoms with Crippen molar-refractivity contribution in [2.45, 2.75) is 70.8 Å². The van der Waals surface area contributed by atoms with Gasteiger partial charge in [0.15, 0.2) is 0 Å². The molecule has 2 heterocycles. The van der Waals surface area contributed by atoms with E-state index in [4.69, 9.17) is 10.7 Å². The van der Waals surface area contributed by atoms with Gasteiger partial charge in [-0.05, 0) is 67.7 Å². The maximum absolute atomic E-state index is 13.2. The van der Waals surface area contributed by atoms with Crippen molar-refractivity contribution in [2.24, 2.45) is 22.6 Å². The first-order valence-corrected chi connectivity index (χ1v) is 14.7. The van der Waals surface area contributed by atoms with Crippen LogP contribution in [0.3, 0.4) is 0 Å². The lowest BCUT2D eigenvalue weighted by atomic mass is 9.82. The SMILES string of the molecule is CCc1cc(N(C)C(N)=O)ccc1CCS(=O)(=O)N1CCC2(CC1)N=C(C1CCC(C)CC1)NC2=O. The van der Waals surface area contributed by atoms with Gasteiger partial charge >= 0.3 is 6.03 Å². The minimum atomic E-state index is -3.48. The van der Waals surface area contributed by atoms with Crippen LogP contribution < -0.4 is 16.0 Å². The van der Waals surface area contributed by atoms with E-state index in [1.165, 1.54) is 9.21 Å². The summed E-state index contributed by atoms with van der Waals surface area (Å²) >= 11 is 0. The highest BCUT2D eigenvalue weighted by Gasteiger charge is 2.48. The van der Waals surface area contributed by atoms with Gasteiger partial charge in [-0.2, -0.15) is 0 Å². The minimum absolute atomic E-state index is 0.00101. The molecule has 0 aromatic heterocycles. The largest absolute Gasteiger partial charge is 0.351 e. The Labute approximate surface area is 214 Å². The molecule has 4 rings (SSSR count). The highest BCUT2D eigenvalue weighted by atomic mass is 32.2. The summed E-state index contributed by atoms with van der Waals surface area (Å²) in [6, 6.07) is 5.01. The summed E-state index contributed by atoms with van der Waals surface area (Å²) in [6.07, 6.45) is 6.35. The summed E-state index contributed by atoms with van der Waals surface area (Å²) in [5.41, 5.74) is 7.18. The molecule has 1 saturated carbocycles. The number of aliphatic imine (C=N–C) groups is 1. The molecular weight excluding hydrogens is 478 g/mol. The molecule has 36 heavy (non-hydrogen) atoms. The van der Waals surface area contributed by atoms with Crippen LogP contribution in [0.4, 0.5) is 10.5 Å². The lowest BCUT2D eigenvalue weighted by Crippen LogP contribution is -2.51. The zero-order valence-corrected chi connectivity index (χ0v) is 22.4. The standard InChI is InChI=1S/C26H39N5O4S/c1-4-19-17-22(30(3)25(27)33)10-9-20(19)11-16-36(34,35)31-14-12-26(13-15-31)24(32)28-23(29-26)21-7-5-18(2)6-8-21/h9-10,17-18,21H,4-8,11-16H2,1-3H3,(H2,27,33)(H,28,29,32). The van der Waals surface area contributed by atoms with Gasteiger partial charge in [-0.15, -0.1) is 0 Å². The lowest BCUT2D eigenvalue weighted by molar-refractivity contribution is -0.125. The maximum Gasteiger partial charge on any atom is 0.318 e. The smallest absolute Gasteiger partial charge is 0.318 e. The lowest BCUT2D eigenvalue weighted by Gasteiger charge is -2.34. The van der Waals surface area contributed by atoms with E-state index in [2.05, 4.69) is 12.2 Å². The second-order valence-corrected chi connectivity index (χ2v) is 12.7. The third-order valence-corrected chi connectivity index (χ3v) is 10.1. The Bertz CT molecular complexity index is 1130. The number of amides is 3. The van der Waals surface area contributed by atoms with Crippen molar-refractivity contribution in [3.05, 3.63) is 29.3 Å². The molecule has 2 fully saturated rings. The molecule has 3 amide bonds. The Balaban J connectivity index is 1.37. The predicted octanol–water partition coefficient (Wildman–Crippen LogP) is 2.83. The van der Waals surface area contributed by atoms with Crippen LogP contribution in [0.15, 0.2) is 23.2 Å². The van der Waals surface area contributed by atoms with Gasteiger partial charge < -0.3 is 11.1 Å². The molecular formula is C26H39N5O4S. The molecule has 1 spiro atoms. The van der Waals surface area contributed by atoms with Gasteiger partial charge in [0.2, 0.25) is 10.0 Å². The Morgan fingerprint density at radius 1 is 1.19 bits per heavy atom. The van der Waals surface area contributed by atoms with E-state index in [1.54, 1.807) is 13.1 Å². The summed E-state index contributed by atoms with van der Waals surface area (Å²) in [6.45, 7) is 4.87. The van der Waals surface area contributed by atoms with Crippen molar-refractivity contribution in [2.75, 3.05) is 30.8 Å². The Morgan fingerprint density at radius 3 is 2.47 bits per heavy atom. The number of nitrogens with one attached hydrogen (secondary N) is 1. The maximum atomic E-state index is 13.2. The van der Waals surface area contributed by atoms with Gasteiger partial charge in [0, 0.05) is 31.7 Å². The summed E-state index contributed by atoms with van der Waals surface area (Å²) in [7, 11) is -1.87. The molecule has 3 N–H and O–H groups in total. The molecule has 0 atom stereocenters. The number of hydrogen-bond donors (Lipinski definition) is 2. The van der Waals surface area contributed by atoms with E-state index < -0.39 is 21.6 Å². The monoisotopic (exact) mass is 517 g/mol. The van der Waals surface area contributed by atoms with Crippen LogP contribution in [0, 0.1) is 11.8 Å². The summed E-state index contributed by atoms with van der Waals surface area (Å²) in [5, 5.41) is 3.04. The topological polar surface area (TPSA) is 125 Å². The van der Waals surface area contributed by atoms with Crippen molar-refractivity contribution >= 4 is 33.5 Å². The number of sulfonamides is 1. The number of nitrogens with zero attached hydrogens (tertiary/aromatic N) is 3. The minimum Gasteiger partial charge on any atom is -0.351 e. The fraction of sp³-hybridized carbons (Fsp3) is 0.654. The first-order chi connectivity index (χ1) is 17.0. The number of carbonyl (C=O) groups excluding carboxylic acids is 2. The average molecular weight is 518 g/mol. The van der Waals surface area contributed by atoms with Crippen molar-refractivity contribution < 1.29 is 18.0 Å². The first kappa shape index (κ1) is 26.6. The van der Waals surface area contributed by atoms with Crippen molar-refractivity contribution in [3.63, 3.8) is 0 Å². The second kappa shape index (κ2) is 10.5. The van der Waals surface area contributed by atoms with E-state index in [0.29, 0.717) is 44.0 Å². The zero-order valence-electron chi connectivity index (χ0n) is 21.6. The van der Waals surface area contributed by atoms with Crippen LogP contribution in [-0.2, 0) is 27.7 Å². The third kappa shape index (κ3) is 5.44. The molecule has 198 valence electrons. The number of aryl methyl sites for hydroxylation is 2. The predicted molar refractivity (Wildman–Crippen MR) is 142 cm³/mol. The molecule has 9 nitrogen and oxygen atoms in total. The van der Waals surface area contributed by atoms with Crippen LogP contribution in [-0.4, -0.2) is 61.9 Å². The molecule has 1 aromatic carbocycles. The molecule has 0 bridgehead atoms. The second-order valence-electron chi connectivity index (χ2n) is 10.6. The number of benzene rings is 1.